The van der Waals surface area contributed by atoms with Crippen LogP contribution in [0.15, 0.2) is 0 Å². The SMILES string of the molecule is CCC(C)C(N)C(=O)NC(CO)C(=O)NC(CO)C(=O)NC(CCC(N)=O)C(=O)O. The third-order valence-corrected chi connectivity index (χ3v) is 4.48. The molecule has 0 radical (unpaired) electrons. The molecule has 4 amide bonds. The summed E-state index contributed by atoms with van der Waals surface area (Å²) >= 11 is 0. The first-order chi connectivity index (χ1) is 14.0. The second-order valence-electron chi connectivity index (χ2n) is 6.80. The predicted octanol–water partition coefficient (Wildman–Crippen LogP) is -3.85. The lowest BCUT2D eigenvalue weighted by molar-refractivity contribution is -0.143. The third-order valence-electron chi connectivity index (χ3n) is 4.48. The van der Waals surface area contributed by atoms with Gasteiger partial charge in [0.15, 0.2) is 0 Å². The summed E-state index contributed by atoms with van der Waals surface area (Å²) in [6, 6.07) is -5.41. The van der Waals surface area contributed by atoms with Crippen molar-refractivity contribution in [3.05, 3.63) is 0 Å². The second-order valence-corrected chi connectivity index (χ2v) is 6.80. The minimum atomic E-state index is -1.57. The number of amides is 4. The van der Waals surface area contributed by atoms with E-state index in [1.165, 1.54) is 0 Å². The van der Waals surface area contributed by atoms with Crippen molar-refractivity contribution in [3.63, 3.8) is 0 Å². The van der Waals surface area contributed by atoms with Gasteiger partial charge in [0, 0.05) is 6.42 Å². The number of carboxylic acid groups (broad SMARTS) is 1. The molecule has 172 valence electrons. The van der Waals surface area contributed by atoms with Gasteiger partial charge in [-0.1, -0.05) is 20.3 Å². The van der Waals surface area contributed by atoms with Crippen molar-refractivity contribution in [2.24, 2.45) is 17.4 Å². The van der Waals surface area contributed by atoms with Gasteiger partial charge in [0.1, 0.15) is 18.1 Å². The molecule has 0 heterocycles. The smallest absolute Gasteiger partial charge is 0.326 e. The molecule has 30 heavy (non-hydrogen) atoms. The Bertz CT molecular complexity index is 629. The monoisotopic (exact) mass is 433 g/mol. The van der Waals surface area contributed by atoms with E-state index in [1.54, 1.807) is 6.92 Å². The molecule has 0 aromatic carbocycles. The number of carbonyl (C=O) groups is 5. The van der Waals surface area contributed by atoms with E-state index >= 15 is 0 Å². The lowest BCUT2D eigenvalue weighted by Gasteiger charge is -2.24. The maximum Gasteiger partial charge on any atom is 0.326 e. The minimum absolute atomic E-state index is 0.184. The number of aliphatic hydroxyl groups excluding tert-OH is 2. The molecule has 0 aromatic heterocycles. The minimum Gasteiger partial charge on any atom is -0.480 e. The van der Waals surface area contributed by atoms with E-state index in [2.05, 4.69) is 16.0 Å². The molecule has 0 rings (SSSR count). The van der Waals surface area contributed by atoms with Crippen molar-refractivity contribution in [2.45, 2.75) is 57.3 Å². The van der Waals surface area contributed by atoms with E-state index in [9.17, 15) is 34.2 Å². The number of primary amides is 1. The topological polar surface area (TPSA) is 234 Å². The summed E-state index contributed by atoms with van der Waals surface area (Å²) in [5, 5.41) is 34.3. The molecular formula is C17H31N5O8. The molecule has 0 saturated carbocycles. The van der Waals surface area contributed by atoms with Gasteiger partial charge in [-0.2, -0.15) is 0 Å². The van der Waals surface area contributed by atoms with Crippen molar-refractivity contribution in [1.29, 1.82) is 0 Å². The number of aliphatic hydroxyl groups is 2. The summed E-state index contributed by atoms with van der Waals surface area (Å²) in [5.74, 6) is -5.09. The molecule has 13 nitrogen and oxygen atoms in total. The van der Waals surface area contributed by atoms with Gasteiger partial charge in [0.25, 0.3) is 0 Å². The van der Waals surface area contributed by atoms with Crippen LogP contribution in [-0.4, -0.2) is 82.3 Å². The highest BCUT2D eigenvalue weighted by Crippen LogP contribution is 2.05. The molecule has 5 atom stereocenters. The fourth-order valence-electron chi connectivity index (χ4n) is 2.26. The molecule has 0 bridgehead atoms. The third kappa shape index (κ3) is 9.15. The Labute approximate surface area is 173 Å². The van der Waals surface area contributed by atoms with Crippen LogP contribution < -0.4 is 27.4 Å². The van der Waals surface area contributed by atoms with Gasteiger partial charge in [0.2, 0.25) is 23.6 Å². The second kappa shape index (κ2) is 13.5. The van der Waals surface area contributed by atoms with Crippen LogP contribution in [0.1, 0.15) is 33.1 Å². The highest BCUT2D eigenvalue weighted by molar-refractivity contribution is 5.94. The number of aliphatic carboxylic acids is 1. The largest absolute Gasteiger partial charge is 0.480 e. The van der Waals surface area contributed by atoms with Crippen molar-refractivity contribution in [2.75, 3.05) is 13.2 Å². The highest BCUT2D eigenvalue weighted by Gasteiger charge is 2.30. The first kappa shape index (κ1) is 27.2. The van der Waals surface area contributed by atoms with Crippen molar-refractivity contribution in [1.82, 2.24) is 16.0 Å². The molecule has 0 aromatic rings. The van der Waals surface area contributed by atoms with Crippen LogP contribution in [0.5, 0.6) is 0 Å². The molecule has 0 spiro atoms. The molecule has 13 heteroatoms. The van der Waals surface area contributed by atoms with Gasteiger partial charge in [-0.15, -0.1) is 0 Å². The summed E-state index contributed by atoms with van der Waals surface area (Å²) < 4.78 is 0. The Balaban J connectivity index is 5.03. The number of hydrogen-bond acceptors (Lipinski definition) is 8. The van der Waals surface area contributed by atoms with E-state index in [-0.39, 0.29) is 18.8 Å². The van der Waals surface area contributed by atoms with Crippen molar-refractivity contribution in [3.8, 4) is 0 Å². The molecule has 0 aliphatic carbocycles. The van der Waals surface area contributed by atoms with E-state index in [4.69, 9.17) is 16.6 Å². The van der Waals surface area contributed by atoms with E-state index < -0.39 is 67.0 Å². The number of carbonyl (C=O) groups excluding carboxylic acids is 4. The number of nitrogens with one attached hydrogen (secondary N) is 3. The fraction of sp³-hybridized carbons (Fsp3) is 0.706. The average Bonchev–Trinajstić information content (AvgIpc) is 2.70. The van der Waals surface area contributed by atoms with E-state index in [0.29, 0.717) is 6.42 Å². The summed E-state index contributed by atoms with van der Waals surface area (Å²) in [6.07, 6.45) is 0.0195. The molecule has 10 N–H and O–H groups in total. The van der Waals surface area contributed by atoms with Crippen molar-refractivity contribution >= 4 is 29.6 Å². The normalized spacial score (nSPS) is 15.8. The van der Waals surface area contributed by atoms with Crippen LogP contribution in [0.2, 0.25) is 0 Å². The van der Waals surface area contributed by atoms with Gasteiger partial charge >= 0.3 is 5.97 Å². The molecule has 0 fully saturated rings. The predicted molar refractivity (Wildman–Crippen MR) is 103 cm³/mol. The summed E-state index contributed by atoms with van der Waals surface area (Å²) in [6.45, 7) is 1.87. The molecular weight excluding hydrogens is 402 g/mol. The van der Waals surface area contributed by atoms with Crippen LogP contribution in [0.4, 0.5) is 0 Å². The zero-order valence-corrected chi connectivity index (χ0v) is 17.0. The lowest BCUT2D eigenvalue weighted by Crippen LogP contribution is -2.59. The zero-order valence-electron chi connectivity index (χ0n) is 17.0. The van der Waals surface area contributed by atoms with Crippen LogP contribution in [-0.2, 0) is 24.0 Å². The van der Waals surface area contributed by atoms with Gasteiger partial charge in [0.05, 0.1) is 19.3 Å². The van der Waals surface area contributed by atoms with Gasteiger partial charge in [-0.25, -0.2) is 4.79 Å². The number of rotatable bonds is 14. The maximum atomic E-state index is 12.3. The molecule has 0 aliphatic rings. The fourth-order valence-corrected chi connectivity index (χ4v) is 2.26. The summed E-state index contributed by atoms with van der Waals surface area (Å²) in [7, 11) is 0. The lowest BCUT2D eigenvalue weighted by atomic mass is 9.99. The summed E-state index contributed by atoms with van der Waals surface area (Å²) in [4.78, 5) is 58.6. The van der Waals surface area contributed by atoms with Crippen LogP contribution in [0, 0.1) is 5.92 Å². The molecule has 5 unspecified atom stereocenters. The first-order valence-corrected chi connectivity index (χ1v) is 9.37. The summed E-state index contributed by atoms with van der Waals surface area (Å²) in [5.41, 5.74) is 10.7. The average molecular weight is 433 g/mol. The van der Waals surface area contributed by atoms with Gasteiger partial charge in [-0.3, -0.25) is 19.2 Å². The molecule has 0 saturated heterocycles. The van der Waals surface area contributed by atoms with Crippen molar-refractivity contribution < 1.29 is 39.3 Å². The molecule has 0 aliphatic heterocycles. The van der Waals surface area contributed by atoms with Crippen LogP contribution in [0.25, 0.3) is 0 Å². The number of hydrogen-bond donors (Lipinski definition) is 8. The zero-order chi connectivity index (χ0) is 23.4. The first-order valence-electron chi connectivity index (χ1n) is 9.37. The van der Waals surface area contributed by atoms with E-state index in [0.717, 1.165) is 0 Å². The Kier molecular flexibility index (Phi) is 12.2. The maximum absolute atomic E-state index is 12.3. The standard InChI is InChI=1S/C17H31N5O8/c1-3-8(2)13(19)16(28)22-11(7-24)15(27)21-10(6-23)14(26)20-9(17(29)30)4-5-12(18)25/h8-11,13,23-24H,3-7,19H2,1-2H3,(H2,18,25)(H,20,26)(H,21,27)(H,22,28)(H,29,30). The Morgan fingerprint density at radius 3 is 1.67 bits per heavy atom. The quantitative estimate of drug-likeness (QED) is 0.134. The Morgan fingerprint density at radius 2 is 1.30 bits per heavy atom. The van der Waals surface area contributed by atoms with E-state index in [1.807, 2.05) is 6.92 Å². The van der Waals surface area contributed by atoms with Crippen LogP contribution in [0.3, 0.4) is 0 Å². The highest BCUT2D eigenvalue weighted by atomic mass is 16.4. The van der Waals surface area contributed by atoms with Gasteiger partial charge in [-0.05, 0) is 12.3 Å². The Hall–Kier alpha value is -2.77. The van der Waals surface area contributed by atoms with Gasteiger partial charge < -0.3 is 42.7 Å². The van der Waals surface area contributed by atoms with Crippen LogP contribution >= 0.6 is 0 Å². The number of carboxylic acids is 1. The Morgan fingerprint density at radius 1 is 0.867 bits per heavy atom. The number of nitrogens with two attached hydrogens (primary N) is 2.